The van der Waals surface area contributed by atoms with Gasteiger partial charge in [0.2, 0.25) is 15.9 Å². The number of halogens is 3. The second kappa shape index (κ2) is 15.7. The Morgan fingerprint density at radius 1 is 1.07 bits per heavy atom. The first-order chi connectivity index (χ1) is 25.8. The fraction of sp³-hybridized carbons (Fsp3) is 0.556. The van der Waals surface area contributed by atoms with Gasteiger partial charge in [0.05, 0.1) is 42.2 Å². The van der Waals surface area contributed by atoms with Crippen molar-refractivity contribution in [2.75, 3.05) is 72.1 Å². The van der Waals surface area contributed by atoms with E-state index in [9.17, 15) is 36.3 Å². The normalized spacial score (nSPS) is 16.9. The highest BCUT2D eigenvalue weighted by molar-refractivity contribution is 7.88. The molecule has 15 nitrogen and oxygen atoms in total. The number of aromatic nitrogens is 5. The largest absolute Gasteiger partial charge is 0.416 e. The fourth-order valence-corrected chi connectivity index (χ4v) is 8.34. The molecule has 2 aliphatic heterocycles. The summed E-state index contributed by atoms with van der Waals surface area (Å²) in [6.45, 7) is 1.45. The standard InChI is InChI=1S/C36H49F3N10O5S/c1-43(2)22-32(51)40-18-24-17-23(7-8-28(24)36(37,38)39)33-27-21-47(55(6,53)54)16-13-29(27)48(42-33)20-26(50)19-46-14-11-25(12-15-46)49-34-30(45(5)35(49)52)9-10-31(41-34)44(3)4/h7-10,17,25-26,50H,11-16,18-22H2,1-6H3,(H,40,51). The molecule has 1 atom stereocenters. The van der Waals surface area contributed by atoms with Crippen LogP contribution in [0.3, 0.4) is 0 Å². The number of imidazole rings is 1. The van der Waals surface area contributed by atoms with Gasteiger partial charge in [-0.2, -0.15) is 22.6 Å². The number of alkyl halides is 3. The number of fused-ring (bicyclic) bond motifs is 2. The van der Waals surface area contributed by atoms with Crippen molar-refractivity contribution in [3.05, 3.63) is 63.2 Å². The number of nitrogens with one attached hydrogen (secondary N) is 1. The number of hydrogen-bond donors (Lipinski definition) is 2. The van der Waals surface area contributed by atoms with Crippen LogP contribution in [0.1, 0.15) is 41.3 Å². The van der Waals surface area contributed by atoms with Crippen molar-refractivity contribution in [1.29, 1.82) is 0 Å². The maximum atomic E-state index is 14.1. The van der Waals surface area contributed by atoms with Crippen molar-refractivity contribution in [2.45, 2.75) is 57.2 Å². The highest BCUT2D eigenvalue weighted by Crippen LogP contribution is 2.37. The Hall–Kier alpha value is -4.30. The third kappa shape index (κ3) is 8.75. The van der Waals surface area contributed by atoms with Crippen LogP contribution in [-0.4, -0.2) is 131 Å². The molecule has 1 unspecified atom stereocenters. The smallest absolute Gasteiger partial charge is 0.390 e. The summed E-state index contributed by atoms with van der Waals surface area (Å²) in [5.41, 5.74) is 2.13. The summed E-state index contributed by atoms with van der Waals surface area (Å²) in [5.74, 6) is 0.313. The van der Waals surface area contributed by atoms with Gasteiger partial charge in [-0.3, -0.25) is 18.6 Å². The van der Waals surface area contributed by atoms with Crippen LogP contribution < -0.4 is 15.9 Å². The molecule has 55 heavy (non-hydrogen) atoms. The molecule has 0 radical (unpaired) electrons. The minimum atomic E-state index is -4.68. The number of nitrogens with zero attached hydrogens (tertiary/aromatic N) is 9. The van der Waals surface area contributed by atoms with E-state index in [1.54, 1.807) is 39.9 Å². The van der Waals surface area contributed by atoms with Crippen molar-refractivity contribution < 1.29 is 31.5 Å². The van der Waals surface area contributed by atoms with E-state index in [1.165, 1.54) is 16.4 Å². The van der Waals surface area contributed by atoms with E-state index in [0.29, 0.717) is 67.1 Å². The second-order valence-corrected chi connectivity index (χ2v) is 17.0. The number of carbonyl (C=O) groups is 1. The lowest BCUT2D eigenvalue weighted by Gasteiger charge is -2.33. The molecule has 3 aromatic heterocycles. The van der Waals surface area contributed by atoms with Crippen LogP contribution in [0.15, 0.2) is 35.1 Å². The van der Waals surface area contributed by atoms with Gasteiger partial charge in [0, 0.05) is 89.7 Å². The average molecular weight is 791 g/mol. The number of sulfonamides is 1. The van der Waals surface area contributed by atoms with Gasteiger partial charge < -0.3 is 25.1 Å². The van der Waals surface area contributed by atoms with E-state index >= 15 is 0 Å². The number of anilines is 1. The third-order valence-corrected chi connectivity index (χ3v) is 11.6. The zero-order valence-electron chi connectivity index (χ0n) is 32.0. The molecule has 0 aliphatic carbocycles. The Labute approximate surface area is 318 Å². The first-order valence-corrected chi connectivity index (χ1v) is 20.0. The predicted octanol–water partition coefficient (Wildman–Crippen LogP) is 1.88. The molecule has 1 amide bonds. The van der Waals surface area contributed by atoms with Crippen LogP contribution in [-0.2, 0) is 54.1 Å². The van der Waals surface area contributed by atoms with E-state index in [-0.39, 0.29) is 50.0 Å². The number of aliphatic hydroxyl groups excluding tert-OH is 1. The average Bonchev–Trinajstić information content (AvgIpc) is 3.59. The zero-order chi connectivity index (χ0) is 40.0. The molecule has 2 N–H and O–H groups in total. The number of likely N-dealkylation sites (tertiary alicyclic amines) is 1. The van der Waals surface area contributed by atoms with Crippen LogP contribution in [0.25, 0.3) is 22.4 Å². The lowest BCUT2D eigenvalue weighted by molar-refractivity contribution is -0.138. The molecule has 1 saturated heterocycles. The van der Waals surface area contributed by atoms with Crippen molar-refractivity contribution in [2.24, 2.45) is 7.05 Å². The van der Waals surface area contributed by atoms with E-state index in [0.717, 1.165) is 23.7 Å². The number of hydrogen-bond acceptors (Lipinski definition) is 10. The maximum absolute atomic E-state index is 14.1. The monoisotopic (exact) mass is 790 g/mol. The number of likely N-dealkylation sites (N-methyl/N-ethyl adjacent to an activating group) is 1. The Morgan fingerprint density at radius 3 is 2.42 bits per heavy atom. The Balaban J connectivity index is 1.22. The predicted molar refractivity (Wildman–Crippen MR) is 202 cm³/mol. The molecule has 4 aromatic rings. The molecule has 0 bridgehead atoms. The molecule has 19 heteroatoms. The molecule has 1 fully saturated rings. The molecular formula is C36H49F3N10O5S. The Kier molecular flexibility index (Phi) is 11.5. The second-order valence-electron chi connectivity index (χ2n) is 15.0. The lowest BCUT2D eigenvalue weighted by atomic mass is 9.97. The highest BCUT2D eigenvalue weighted by atomic mass is 32.2. The minimum Gasteiger partial charge on any atom is -0.390 e. The van der Waals surface area contributed by atoms with Crippen LogP contribution >= 0.6 is 0 Å². The van der Waals surface area contributed by atoms with Crippen LogP contribution in [0.4, 0.5) is 19.0 Å². The number of pyridine rings is 1. The molecule has 5 heterocycles. The number of aliphatic hydroxyl groups is 1. The molecule has 0 saturated carbocycles. The summed E-state index contributed by atoms with van der Waals surface area (Å²) in [7, 11) is 5.29. The molecule has 2 aliphatic rings. The van der Waals surface area contributed by atoms with E-state index < -0.39 is 33.8 Å². The summed E-state index contributed by atoms with van der Waals surface area (Å²) >= 11 is 0. The topological polar surface area (TPSA) is 154 Å². The quantitative estimate of drug-likeness (QED) is 0.218. The van der Waals surface area contributed by atoms with Crippen LogP contribution in [0.5, 0.6) is 0 Å². The highest BCUT2D eigenvalue weighted by Gasteiger charge is 2.35. The van der Waals surface area contributed by atoms with Crippen LogP contribution in [0, 0.1) is 0 Å². The van der Waals surface area contributed by atoms with Crippen molar-refractivity contribution >= 4 is 32.9 Å². The minimum absolute atomic E-state index is 0.000156. The van der Waals surface area contributed by atoms with E-state index in [1.807, 2.05) is 31.1 Å². The van der Waals surface area contributed by atoms with Gasteiger partial charge >= 0.3 is 11.9 Å². The van der Waals surface area contributed by atoms with Crippen molar-refractivity contribution in [3.63, 3.8) is 0 Å². The number of piperidine rings is 1. The summed E-state index contributed by atoms with van der Waals surface area (Å²) in [4.78, 5) is 36.0. The number of aryl methyl sites for hydroxylation is 1. The van der Waals surface area contributed by atoms with Gasteiger partial charge in [0.1, 0.15) is 5.82 Å². The first kappa shape index (κ1) is 40.4. The number of benzene rings is 1. The van der Waals surface area contributed by atoms with Crippen molar-refractivity contribution in [3.8, 4) is 11.3 Å². The fourth-order valence-electron chi connectivity index (χ4n) is 7.55. The summed E-state index contributed by atoms with van der Waals surface area (Å²) in [5, 5.41) is 18.7. The van der Waals surface area contributed by atoms with Gasteiger partial charge in [-0.05, 0) is 56.8 Å². The first-order valence-electron chi connectivity index (χ1n) is 18.1. The zero-order valence-corrected chi connectivity index (χ0v) is 32.8. The van der Waals surface area contributed by atoms with Gasteiger partial charge in [0.15, 0.2) is 5.65 Å². The number of carbonyl (C=O) groups excluding carboxylic acids is 1. The molecular weight excluding hydrogens is 742 g/mol. The lowest BCUT2D eigenvalue weighted by Crippen LogP contribution is -2.42. The summed E-state index contributed by atoms with van der Waals surface area (Å²) in [6, 6.07) is 7.31. The number of rotatable bonds is 12. The molecule has 6 rings (SSSR count). The maximum Gasteiger partial charge on any atom is 0.416 e. The van der Waals surface area contributed by atoms with Crippen molar-refractivity contribution in [1.82, 2.24) is 43.3 Å². The summed E-state index contributed by atoms with van der Waals surface area (Å²) in [6.07, 6.45) is -2.80. The third-order valence-electron chi connectivity index (χ3n) is 10.3. The van der Waals surface area contributed by atoms with Crippen LogP contribution in [0.2, 0.25) is 0 Å². The number of amides is 1. The summed E-state index contributed by atoms with van der Waals surface area (Å²) < 4.78 is 73.7. The van der Waals surface area contributed by atoms with E-state index in [4.69, 9.17) is 10.1 Å². The van der Waals surface area contributed by atoms with E-state index in [2.05, 4.69) is 10.2 Å². The Bertz CT molecular complexity index is 2220. The number of β-amino-alcohol motifs (C(OH)–C–C–N with tert-alkyl or cyclic N) is 1. The van der Waals surface area contributed by atoms with Gasteiger partial charge in [-0.15, -0.1) is 0 Å². The molecule has 1 aromatic carbocycles. The molecule has 0 spiro atoms. The van der Waals surface area contributed by atoms with Gasteiger partial charge in [-0.25, -0.2) is 18.2 Å². The Morgan fingerprint density at radius 2 is 1.78 bits per heavy atom. The van der Waals surface area contributed by atoms with Gasteiger partial charge in [0.25, 0.3) is 0 Å². The molecule has 300 valence electrons. The SMILES string of the molecule is CN(C)CC(=O)NCc1cc(-c2nn(CC(O)CN3CCC(n4c(=O)n(C)c5ccc(N(C)C)nc54)CC3)c3c2CN(S(C)(=O)=O)CC3)ccc1C(F)(F)F. The van der Waals surface area contributed by atoms with Gasteiger partial charge in [-0.1, -0.05) is 6.07 Å².